The van der Waals surface area contributed by atoms with Crippen LogP contribution in [0, 0.1) is 0 Å². The van der Waals surface area contributed by atoms with E-state index in [4.69, 9.17) is 19.3 Å². The number of nitrogens with zero attached hydrogens (tertiary/aromatic N) is 3. The molecule has 1 unspecified atom stereocenters. The van der Waals surface area contributed by atoms with Crippen molar-refractivity contribution in [1.82, 2.24) is 14.8 Å². The Bertz CT molecular complexity index is 957. The van der Waals surface area contributed by atoms with Crippen LogP contribution < -0.4 is 14.8 Å². The maximum atomic E-state index is 12.9. The van der Waals surface area contributed by atoms with Gasteiger partial charge in [0.25, 0.3) is 0 Å². The van der Waals surface area contributed by atoms with Crippen LogP contribution in [0.15, 0.2) is 34.6 Å². The van der Waals surface area contributed by atoms with Crippen LogP contribution >= 0.6 is 11.8 Å². The van der Waals surface area contributed by atoms with Gasteiger partial charge in [0.2, 0.25) is 11.1 Å². The Morgan fingerprint density at radius 1 is 1.23 bits per heavy atom. The Balaban J connectivity index is 2.09. The zero-order valence-corrected chi connectivity index (χ0v) is 19.5. The number of hydrogen-bond acceptors (Lipinski definition) is 8. The van der Waals surface area contributed by atoms with Crippen LogP contribution in [0.1, 0.15) is 52.1 Å². The van der Waals surface area contributed by atoms with Crippen molar-refractivity contribution in [1.29, 1.82) is 0 Å². The predicted octanol–water partition coefficient (Wildman–Crippen LogP) is 4.43. The molecule has 1 aromatic carbocycles. The van der Waals surface area contributed by atoms with Crippen LogP contribution in [0.5, 0.6) is 11.5 Å². The fourth-order valence-electron chi connectivity index (χ4n) is 3.35. The smallest absolute Gasteiger partial charge is 0.338 e. The van der Waals surface area contributed by atoms with Crippen LogP contribution in [0.4, 0.5) is 5.95 Å². The molecule has 168 valence electrons. The number of anilines is 1. The molecule has 1 aliphatic rings. The number of methoxy groups -OCH3 is 1. The first-order valence-corrected chi connectivity index (χ1v) is 11.6. The number of fused-ring (bicyclic) bond motifs is 1. The molecule has 0 saturated carbocycles. The number of ether oxygens (including phenoxy) is 3. The van der Waals surface area contributed by atoms with E-state index in [9.17, 15) is 4.79 Å². The summed E-state index contributed by atoms with van der Waals surface area (Å²) in [5, 5.41) is 8.57. The SMILES string of the molecule is CCCOc1ccc(C2C(C(=O)OCC)=C(C)Nc3nc(SCCC)nn32)cc1OC. The Hall–Kier alpha value is -2.68. The van der Waals surface area contributed by atoms with Gasteiger partial charge in [-0.25, -0.2) is 9.48 Å². The maximum Gasteiger partial charge on any atom is 0.338 e. The summed E-state index contributed by atoms with van der Waals surface area (Å²) in [4.78, 5) is 17.5. The molecule has 0 saturated heterocycles. The average molecular weight is 447 g/mol. The highest BCUT2D eigenvalue weighted by atomic mass is 32.2. The standard InChI is InChI=1S/C22H30N4O4S/c1-6-11-30-16-10-9-15(13-17(16)28-5)19-18(20(27)29-8-3)14(4)23-21-24-22(25-26(19)21)31-12-7-2/h9-10,13,19H,6-8,11-12H2,1-5H3,(H,23,24,25). The number of allylic oxidation sites excluding steroid dienone is 1. The van der Waals surface area contributed by atoms with Gasteiger partial charge in [-0.05, 0) is 44.4 Å². The molecule has 0 bridgehead atoms. The van der Waals surface area contributed by atoms with Crippen molar-refractivity contribution in [3.8, 4) is 11.5 Å². The van der Waals surface area contributed by atoms with Gasteiger partial charge in [-0.3, -0.25) is 0 Å². The summed E-state index contributed by atoms with van der Waals surface area (Å²) in [6, 6.07) is 5.19. The van der Waals surface area contributed by atoms with Gasteiger partial charge in [0.1, 0.15) is 6.04 Å². The molecule has 2 aromatic rings. The molecule has 9 heteroatoms. The number of rotatable bonds is 10. The Morgan fingerprint density at radius 3 is 2.71 bits per heavy atom. The largest absolute Gasteiger partial charge is 0.493 e. The second kappa shape index (κ2) is 10.6. The van der Waals surface area contributed by atoms with E-state index in [1.165, 1.54) is 0 Å². The summed E-state index contributed by atoms with van der Waals surface area (Å²) in [6.07, 6.45) is 1.92. The van der Waals surface area contributed by atoms with Crippen molar-refractivity contribution in [3.05, 3.63) is 35.0 Å². The minimum absolute atomic E-state index is 0.289. The Kier molecular flexibility index (Phi) is 7.84. The van der Waals surface area contributed by atoms with Crippen LogP contribution in [-0.4, -0.2) is 46.8 Å². The zero-order valence-electron chi connectivity index (χ0n) is 18.7. The van der Waals surface area contributed by atoms with Crippen molar-refractivity contribution in [2.45, 2.75) is 51.7 Å². The first-order chi connectivity index (χ1) is 15.0. The molecule has 0 aliphatic carbocycles. The van der Waals surface area contributed by atoms with Gasteiger partial charge < -0.3 is 19.5 Å². The number of benzene rings is 1. The van der Waals surface area contributed by atoms with Crippen molar-refractivity contribution in [2.75, 3.05) is 31.4 Å². The molecular formula is C22H30N4O4S. The van der Waals surface area contributed by atoms with Gasteiger partial charge in [0, 0.05) is 11.4 Å². The third-order valence-electron chi connectivity index (χ3n) is 4.73. The monoisotopic (exact) mass is 446 g/mol. The average Bonchev–Trinajstić information content (AvgIpc) is 3.17. The highest BCUT2D eigenvalue weighted by Gasteiger charge is 2.35. The molecule has 2 heterocycles. The zero-order chi connectivity index (χ0) is 22.4. The predicted molar refractivity (Wildman–Crippen MR) is 121 cm³/mol. The van der Waals surface area contributed by atoms with E-state index < -0.39 is 6.04 Å². The molecule has 8 nitrogen and oxygen atoms in total. The lowest BCUT2D eigenvalue weighted by atomic mass is 9.95. The van der Waals surface area contributed by atoms with Crippen molar-refractivity contribution in [3.63, 3.8) is 0 Å². The molecule has 1 aliphatic heterocycles. The molecule has 0 radical (unpaired) electrons. The molecule has 0 amide bonds. The molecule has 1 aromatic heterocycles. The van der Waals surface area contributed by atoms with Gasteiger partial charge >= 0.3 is 5.97 Å². The van der Waals surface area contributed by atoms with Crippen LogP contribution in [-0.2, 0) is 9.53 Å². The number of esters is 1. The lowest BCUT2D eigenvalue weighted by Crippen LogP contribution is -2.29. The molecule has 0 fully saturated rings. The minimum Gasteiger partial charge on any atom is -0.493 e. The summed E-state index contributed by atoms with van der Waals surface area (Å²) < 4.78 is 18.5. The van der Waals surface area contributed by atoms with E-state index >= 15 is 0 Å². The number of carbonyl (C=O) groups is 1. The summed E-state index contributed by atoms with van der Waals surface area (Å²) >= 11 is 1.59. The Morgan fingerprint density at radius 2 is 2.03 bits per heavy atom. The summed E-state index contributed by atoms with van der Waals surface area (Å²) in [7, 11) is 1.61. The molecule has 1 atom stereocenters. The number of nitrogens with one attached hydrogen (secondary N) is 1. The van der Waals surface area contributed by atoms with Gasteiger partial charge in [-0.15, -0.1) is 5.10 Å². The molecule has 0 spiro atoms. The van der Waals surface area contributed by atoms with Gasteiger partial charge in [0.05, 0.1) is 25.9 Å². The first kappa shape index (κ1) is 23.0. The number of thioether (sulfide) groups is 1. The van der Waals surface area contributed by atoms with E-state index in [2.05, 4.69) is 24.1 Å². The Labute approximate surface area is 187 Å². The van der Waals surface area contributed by atoms with E-state index in [1.54, 1.807) is 30.5 Å². The highest BCUT2D eigenvalue weighted by Crippen LogP contribution is 2.39. The summed E-state index contributed by atoms with van der Waals surface area (Å²) in [6.45, 7) is 8.70. The highest BCUT2D eigenvalue weighted by molar-refractivity contribution is 7.99. The molecule has 1 N–H and O–H groups in total. The van der Waals surface area contributed by atoms with Crippen molar-refractivity contribution >= 4 is 23.7 Å². The van der Waals surface area contributed by atoms with E-state index in [1.807, 2.05) is 25.1 Å². The molecule has 31 heavy (non-hydrogen) atoms. The fourth-order valence-corrected chi connectivity index (χ4v) is 4.04. The van der Waals surface area contributed by atoms with Crippen LogP contribution in [0.2, 0.25) is 0 Å². The maximum absolute atomic E-state index is 12.9. The van der Waals surface area contributed by atoms with E-state index in [-0.39, 0.29) is 12.6 Å². The lowest BCUT2D eigenvalue weighted by molar-refractivity contribution is -0.139. The summed E-state index contributed by atoms with van der Waals surface area (Å²) in [5.74, 6) is 2.40. The van der Waals surface area contributed by atoms with E-state index in [0.717, 1.165) is 24.2 Å². The van der Waals surface area contributed by atoms with Crippen LogP contribution in [0.3, 0.4) is 0 Å². The number of carbonyl (C=O) groups excluding carboxylic acids is 1. The molecule has 3 rings (SSSR count). The third-order valence-corrected chi connectivity index (χ3v) is 5.77. The number of hydrogen-bond donors (Lipinski definition) is 1. The van der Waals surface area contributed by atoms with E-state index in [0.29, 0.717) is 40.5 Å². The molecular weight excluding hydrogens is 416 g/mol. The second-order valence-electron chi connectivity index (χ2n) is 7.06. The van der Waals surface area contributed by atoms with Gasteiger partial charge in [-0.1, -0.05) is 31.7 Å². The van der Waals surface area contributed by atoms with Gasteiger partial charge in [0.15, 0.2) is 11.5 Å². The van der Waals surface area contributed by atoms with Crippen molar-refractivity contribution < 1.29 is 19.0 Å². The van der Waals surface area contributed by atoms with Crippen LogP contribution in [0.25, 0.3) is 0 Å². The quantitative estimate of drug-likeness (QED) is 0.424. The van der Waals surface area contributed by atoms with Crippen molar-refractivity contribution in [2.24, 2.45) is 0 Å². The van der Waals surface area contributed by atoms with Gasteiger partial charge in [-0.2, -0.15) is 4.98 Å². The minimum atomic E-state index is -0.493. The number of aromatic nitrogens is 3. The normalized spacial score (nSPS) is 15.3. The topological polar surface area (TPSA) is 87.5 Å². The fraction of sp³-hybridized carbons (Fsp3) is 0.500. The third kappa shape index (κ3) is 4.98. The first-order valence-electron chi connectivity index (χ1n) is 10.6. The lowest BCUT2D eigenvalue weighted by Gasteiger charge is -2.28. The summed E-state index contributed by atoms with van der Waals surface area (Å²) in [5.41, 5.74) is 2.03. The second-order valence-corrected chi connectivity index (χ2v) is 8.12.